The van der Waals surface area contributed by atoms with Crippen LogP contribution in [0.15, 0.2) is 36.8 Å². The average molecular weight is 508 g/mol. The van der Waals surface area contributed by atoms with Crippen molar-refractivity contribution in [2.24, 2.45) is 17.8 Å². The fourth-order valence-corrected chi connectivity index (χ4v) is 3.46. The fraction of sp³-hybridized carbons (Fsp3) is 0.591. The Kier molecular flexibility index (Phi) is 10.6. The molecular weight excluding hydrogens is 474 g/mol. The van der Waals surface area contributed by atoms with Crippen LogP contribution in [0.1, 0.15) is 64.9 Å². The van der Waals surface area contributed by atoms with Crippen LogP contribution in [-0.2, 0) is 32.4 Å². The van der Waals surface area contributed by atoms with Gasteiger partial charge in [-0.05, 0) is 55.2 Å². The van der Waals surface area contributed by atoms with Crippen molar-refractivity contribution >= 4 is 20.2 Å². The Morgan fingerprint density at radius 1 is 0.645 bits per heavy atom. The molecule has 6 nitrogen and oxygen atoms in total. The van der Waals surface area contributed by atoms with Crippen molar-refractivity contribution < 1.29 is 13.1 Å². The van der Waals surface area contributed by atoms with Crippen molar-refractivity contribution in [2.45, 2.75) is 67.1 Å². The van der Waals surface area contributed by atoms with Crippen LogP contribution in [0.5, 0.6) is 0 Å². The first-order chi connectivity index (χ1) is 14.7. The Labute approximate surface area is 200 Å². The maximum atomic E-state index is 4.84. The van der Waals surface area contributed by atoms with Gasteiger partial charge in [-0.2, -0.15) is 15.3 Å². The first-order valence-electron chi connectivity index (χ1n) is 10.7. The van der Waals surface area contributed by atoms with Crippen molar-refractivity contribution in [1.82, 2.24) is 29.3 Å². The van der Waals surface area contributed by atoms with Gasteiger partial charge >= 0.3 is 33.3 Å². The molecule has 3 aromatic heterocycles. The molecule has 0 N–H and O–H groups in total. The molecule has 0 aliphatic heterocycles. The molecular formula is C22H34Cl2MnN6. The SMILES string of the molecule is CC(C)Cc1ccn(C(n2ccc(CC(C)C)n2)n2ccc(CC(C)C)n2)n1.[Cl][Mn][Cl]. The van der Waals surface area contributed by atoms with E-state index in [1.807, 2.05) is 32.6 Å². The fourth-order valence-electron chi connectivity index (χ4n) is 3.46. The first kappa shape index (κ1) is 26.0. The van der Waals surface area contributed by atoms with Crippen LogP contribution in [-0.4, -0.2) is 29.3 Å². The van der Waals surface area contributed by atoms with E-state index in [9.17, 15) is 0 Å². The summed E-state index contributed by atoms with van der Waals surface area (Å²) in [6.45, 7) is 13.3. The van der Waals surface area contributed by atoms with Gasteiger partial charge in [-0.3, -0.25) is 0 Å². The van der Waals surface area contributed by atoms with Crippen molar-refractivity contribution in [1.29, 1.82) is 0 Å². The minimum absolute atomic E-state index is 0.00694. The molecule has 0 radical (unpaired) electrons. The van der Waals surface area contributed by atoms with Crippen LogP contribution in [0.3, 0.4) is 0 Å². The van der Waals surface area contributed by atoms with E-state index in [1.165, 1.54) is 0 Å². The number of hydrogen-bond donors (Lipinski definition) is 0. The summed E-state index contributed by atoms with van der Waals surface area (Å²) in [5.74, 6) is 1.73. The summed E-state index contributed by atoms with van der Waals surface area (Å²) in [5, 5.41) is 14.5. The van der Waals surface area contributed by atoms with Gasteiger partial charge < -0.3 is 0 Å². The second-order valence-corrected chi connectivity index (χ2v) is 11.0. The topological polar surface area (TPSA) is 53.5 Å². The Morgan fingerprint density at radius 3 is 1.13 bits per heavy atom. The third-order valence-corrected chi connectivity index (χ3v) is 4.55. The maximum absolute atomic E-state index is 4.84. The molecule has 3 heterocycles. The van der Waals surface area contributed by atoms with E-state index in [1.54, 1.807) is 0 Å². The molecule has 0 unspecified atom stereocenters. The first-order valence-corrected chi connectivity index (χ1v) is 14.0. The molecule has 31 heavy (non-hydrogen) atoms. The molecule has 173 valence electrons. The zero-order chi connectivity index (χ0) is 23.0. The van der Waals surface area contributed by atoms with Crippen molar-refractivity contribution in [3.8, 4) is 0 Å². The van der Waals surface area contributed by atoms with Crippen LogP contribution in [0, 0.1) is 17.8 Å². The van der Waals surface area contributed by atoms with Crippen LogP contribution in [0.2, 0.25) is 0 Å². The van der Waals surface area contributed by atoms with E-state index in [2.05, 4.69) is 59.7 Å². The van der Waals surface area contributed by atoms with Gasteiger partial charge in [0.1, 0.15) is 0 Å². The molecule has 0 saturated carbocycles. The monoisotopic (exact) mass is 507 g/mol. The molecule has 0 fully saturated rings. The van der Waals surface area contributed by atoms with Gasteiger partial charge in [0.15, 0.2) is 0 Å². The molecule has 3 aromatic rings. The summed E-state index contributed by atoms with van der Waals surface area (Å²) in [4.78, 5) is 0. The predicted molar refractivity (Wildman–Crippen MR) is 124 cm³/mol. The van der Waals surface area contributed by atoms with Gasteiger partial charge in [0.05, 0.1) is 17.1 Å². The molecule has 0 aromatic carbocycles. The van der Waals surface area contributed by atoms with Crippen LogP contribution in [0.25, 0.3) is 0 Å². The molecule has 0 amide bonds. The van der Waals surface area contributed by atoms with Gasteiger partial charge in [-0.1, -0.05) is 41.5 Å². The summed E-state index contributed by atoms with van der Waals surface area (Å²) < 4.78 is 5.90. The van der Waals surface area contributed by atoms with E-state index in [0.29, 0.717) is 17.8 Å². The van der Waals surface area contributed by atoms with Crippen LogP contribution in [0.4, 0.5) is 0 Å². The standard InChI is InChI=1S/C22H34N6.2ClH.Mn/c1-16(2)13-19-7-10-26(23-19)22(27-11-8-20(24-27)14-17(3)4)28-12-9-21(25-28)15-18(5)6;;;/h7-12,16-18,22H,13-15H2,1-6H3;2*1H;/q;;;+2/p-2. The number of halogens is 2. The van der Waals surface area contributed by atoms with Gasteiger partial charge in [0.2, 0.25) is 6.29 Å². The summed E-state index contributed by atoms with van der Waals surface area (Å²) in [6, 6.07) is 6.30. The van der Waals surface area contributed by atoms with E-state index >= 15 is 0 Å². The second kappa shape index (κ2) is 12.7. The number of hydrogen-bond acceptors (Lipinski definition) is 3. The van der Waals surface area contributed by atoms with Crippen molar-refractivity contribution in [2.75, 3.05) is 0 Å². The van der Waals surface area contributed by atoms with Crippen molar-refractivity contribution in [3.63, 3.8) is 0 Å². The summed E-state index contributed by atoms with van der Waals surface area (Å²) >= 11 is 0.00694. The minimum atomic E-state index is -0.234. The summed E-state index contributed by atoms with van der Waals surface area (Å²) in [6.07, 6.45) is 8.78. The van der Waals surface area contributed by atoms with E-state index in [4.69, 9.17) is 35.5 Å². The molecule has 0 aliphatic carbocycles. The van der Waals surface area contributed by atoms with E-state index < -0.39 is 0 Å². The Hall–Kier alpha value is -1.27. The average Bonchev–Trinajstić information content (AvgIpc) is 3.38. The van der Waals surface area contributed by atoms with Gasteiger partial charge in [0, 0.05) is 18.6 Å². The Morgan fingerprint density at radius 2 is 0.903 bits per heavy atom. The van der Waals surface area contributed by atoms with Crippen LogP contribution >= 0.6 is 20.2 Å². The molecule has 0 aliphatic rings. The van der Waals surface area contributed by atoms with Gasteiger partial charge in [-0.15, -0.1) is 0 Å². The molecule has 0 bridgehead atoms. The normalized spacial score (nSPS) is 11.6. The molecule has 3 rings (SSSR count). The van der Waals surface area contributed by atoms with Gasteiger partial charge in [-0.25, -0.2) is 14.0 Å². The zero-order valence-corrected chi connectivity index (χ0v) is 21.9. The third kappa shape index (κ3) is 8.30. The Bertz CT molecular complexity index is 785. The van der Waals surface area contributed by atoms with Crippen LogP contribution < -0.4 is 0 Å². The second-order valence-electron chi connectivity index (χ2n) is 9.06. The Balaban J connectivity index is 0.00000107. The number of rotatable bonds is 9. The molecule has 0 atom stereocenters. The van der Waals surface area contributed by atoms with Crippen molar-refractivity contribution in [3.05, 3.63) is 53.9 Å². The molecule has 0 saturated heterocycles. The summed E-state index contributed by atoms with van der Waals surface area (Å²) in [7, 11) is 9.59. The molecule has 0 spiro atoms. The number of aromatic nitrogens is 6. The predicted octanol–water partition coefficient (Wildman–Crippen LogP) is 5.80. The quantitative estimate of drug-likeness (QED) is 0.344. The molecule has 9 heteroatoms. The van der Waals surface area contributed by atoms with E-state index in [0.717, 1.165) is 36.3 Å². The van der Waals surface area contributed by atoms with E-state index in [-0.39, 0.29) is 19.4 Å². The zero-order valence-electron chi connectivity index (χ0n) is 19.2. The number of nitrogens with zero attached hydrogens (tertiary/aromatic N) is 6. The summed E-state index contributed by atoms with van der Waals surface area (Å²) in [5.41, 5.74) is 3.30. The van der Waals surface area contributed by atoms with Gasteiger partial charge in [0.25, 0.3) is 0 Å². The third-order valence-electron chi connectivity index (χ3n) is 4.55.